The predicted octanol–water partition coefficient (Wildman–Crippen LogP) is 2.51. The molecule has 0 fully saturated rings. The monoisotopic (exact) mass is 143 g/mol. The van der Waals surface area contributed by atoms with E-state index in [1.165, 1.54) is 0 Å². The van der Waals surface area contributed by atoms with Crippen molar-refractivity contribution in [3.63, 3.8) is 0 Å². The van der Waals surface area contributed by atoms with Crippen molar-refractivity contribution in [2.75, 3.05) is 0 Å². The van der Waals surface area contributed by atoms with Gasteiger partial charge in [0.2, 0.25) is 0 Å². The van der Waals surface area contributed by atoms with Crippen LogP contribution in [0, 0.1) is 11.3 Å². The Kier molecular flexibility index (Phi) is 2.46. The van der Waals surface area contributed by atoms with Gasteiger partial charge in [-0.3, -0.25) is 0 Å². The molecular formula is C10H9N. The molecule has 0 unspecified atom stereocenters. The molecule has 1 nitrogen and oxygen atoms in total. The van der Waals surface area contributed by atoms with Gasteiger partial charge in [-0.25, -0.2) is 0 Å². The zero-order chi connectivity index (χ0) is 8.10. The van der Waals surface area contributed by atoms with Crippen molar-refractivity contribution in [1.82, 2.24) is 0 Å². The van der Waals surface area contributed by atoms with Gasteiger partial charge in [0.15, 0.2) is 0 Å². The lowest BCUT2D eigenvalue weighted by atomic mass is 10.1. The van der Waals surface area contributed by atoms with E-state index in [2.05, 4.69) is 6.07 Å². The van der Waals surface area contributed by atoms with Gasteiger partial charge >= 0.3 is 0 Å². The number of allylic oxidation sites excluding steroid dienone is 8. The molecule has 1 aliphatic carbocycles. The first-order valence-electron chi connectivity index (χ1n) is 3.47. The zero-order valence-corrected chi connectivity index (χ0v) is 6.41. The second kappa shape index (κ2) is 3.58. The molecule has 0 aliphatic heterocycles. The van der Waals surface area contributed by atoms with E-state index in [1.54, 1.807) is 0 Å². The molecule has 54 valence electrons. The van der Waals surface area contributed by atoms with Crippen LogP contribution in [-0.4, -0.2) is 0 Å². The molecule has 0 aromatic heterocycles. The summed E-state index contributed by atoms with van der Waals surface area (Å²) < 4.78 is 0. The Bertz CT molecular complexity index is 277. The molecule has 0 bridgehead atoms. The highest BCUT2D eigenvalue weighted by molar-refractivity contribution is 5.44. The van der Waals surface area contributed by atoms with Crippen LogP contribution in [0.25, 0.3) is 0 Å². The van der Waals surface area contributed by atoms with E-state index in [0.717, 1.165) is 11.1 Å². The van der Waals surface area contributed by atoms with Crippen LogP contribution in [0.2, 0.25) is 0 Å². The minimum absolute atomic E-state index is 0.751. The van der Waals surface area contributed by atoms with E-state index in [0.29, 0.717) is 0 Å². The lowest BCUT2D eigenvalue weighted by Gasteiger charge is -1.91. The van der Waals surface area contributed by atoms with Crippen molar-refractivity contribution in [1.29, 1.82) is 5.26 Å². The summed E-state index contributed by atoms with van der Waals surface area (Å²) in [5, 5.41) is 8.58. The fourth-order valence-corrected chi connectivity index (χ4v) is 0.817. The van der Waals surface area contributed by atoms with Crippen LogP contribution >= 0.6 is 0 Å². The highest BCUT2D eigenvalue weighted by atomic mass is 14.2. The Morgan fingerprint density at radius 2 is 1.73 bits per heavy atom. The normalized spacial score (nSPS) is 14.4. The summed E-state index contributed by atoms with van der Waals surface area (Å²) >= 11 is 0. The number of nitrogens with zero attached hydrogens (tertiary/aromatic N) is 1. The maximum atomic E-state index is 8.58. The number of hydrogen-bond acceptors (Lipinski definition) is 1. The van der Waals surface area contributed by atoms with E-state index in [1.807, 2.05) is 43.4 Å². The van der Waals surface area contributed by atoms with Crippen molar-refractivity contribution in [2.24, 2.45) is 0 Å². The minimum atomic E-state index is 0.751. The van der Waals surface area contributed by atoms with Crippen LogP contribution in [0.15, 0.2) is 47.6 Å². The van der Waals surface area contributed by atoms with Crippen LogP contribution in [0.4, 0.5) is 0 Å². The van der Waals surface area contributed by atoms with Gasteiger partial charge in [0.1, 0.15) is 0 Å². The molecule has 0 heterocycles. The molecule has 11 heavy (non-hydrogen) atoms. The van der Waals surface area contributed by atoms with Crippen molar-refractivity contribution in [3.8, 4) is 6.07 Å². The molecule has 0 aromatic carbocycles. The molecule has 0 radical (unpaired) electrons. The SMILES string of the molecule is CC(C#N)=C1C=CC=CC=C1. The summed E-state index contributed by atoms with van der Waals surface area (Å²) in [5.74, 6) is 0. The summed E-state index contributed by atoms with van der Waals surface area (Å²) in [5.41, 5.74) is 1.73. The highest BCUT2D eigenvalue weighted by Gasteiger charge is 1.93. The van der Waals surface area contributed by atoms with Gasteiger partial charge in [-0.1, -0.05) is 36.5 Å². The van der Waals surface area contributed by atoms with Gasteiger partial charge in [-0.15, -0.1) is 0 Å². The van der Waals surface area contributed by atoms with Crippen LogP contribution in [-0.2, 0) is 0 Å². The summed E-state index contributed by atoms with van der Waals surface area (Å²) in [4.78, 5) is 0. The lowest BCUT2D eigenvalue weighted by molar-refractivity contribution is 1.41. The molecule has 0 N–H and O–H groups in total. The summed E-state index contributed by atoms with van der Waals surface area (Å²) in [6, 6.07) is 2.11. The average Bonchev–Trinajstić information content (AvgIpc) is 2.30. The molecule has 0 spiro atoms. The standard InChI is InChI=1S/C10H9N/c1-9(8-11)10-6-4-2-3-5-7-10/h2-7H,1H3. The van der Waals surface area contributed by atoms with Crippen LogP contribution < -0.4 is 0 Å². The molecular weight excluding hydrogens is 134 g/mol. The largest absolute Gasteiger partial charge is 0.193 e. The minimum Gasteiger partial charge on any atom is -0.193 e. The van der Waals surface area contributed by atoms with E-state index in [4.69, 9.17) is 5.26 Å². The van der Waals surface area contributed by atoms with Gasteiger partial charge in [0.05, 0.1) is 6.07 Å². The number of hydrogen-bond donors (Lipinski definition) is 0. The first kappa shape index (κ1) is 7.56. The fraction of sp³-hybridized carbons (Fsp3) is 0.100. The Hall–Kier alpha value is -1.55. The van der Waals surface area contributed by atoms with Gasteiger partial charge in [0, 0.05) is 5.57 Å². The zero-order valence-electron chi connectivity index (χ0n) is 6.41. The van der Waals surface area contributed by atoms with E-state index in [-0.39, 0.29) is 0 Å². The molecule has 1 rings (SSSR count). The molecule has 0 atom stereocenters. The molecule has 0 saturated carbocycles. The molecule has 1 heteroatoms. The fourth-order valence-electron chi connectivity index (χ4n) is 0.817. The Labute approximate surface area is 66.7 Å². The summed E-state index contributed by atoms with van der Waals surface area (Å²) in [7, 11) is 0. The smallest absolute Gasteiger partial charge is 0.0950 e. The van der Waals surface area contributed by atoms with E-state index < -0.39 is 0 Å². The highest BCUT2D eigenvalue weighted by Crippen LogP contribution is 2.09. The van der Waals surface area contributed by atoms with E-state index >= 15 is 0 Å². The van der Waals surface area contributed by atoms with Crippen molar-refractivity contribution < 1.29 is 0 Å². The van der Waals surface area contributed by atoms with Crippen LogP contribution in [0.5, 0.6) is 0 Å². The van der Waals surface area contributed by atoms with Gasteiger partial charge in [-0.05, 0) is 12.5 Å². The lowest BCUT2D eigenvalue weighted by Crippen LogP contribution is -1.76. The maximum absolute atomic E-state index is 8.58. The average molecular weight is 143 g/mol. The number of rotatable bonds is 0. The third kappa shape index (κ3) is 1.94. The molecule has 1 aliphatic rings. The predicted molar refractivity (Wildman–Crippen MR) is 45.7 cm³/mol. The Morgan fingerprint density at radius 3 is 2.18 bits per heavy atom. The van der Waals surface area contributed by atoms with Crippen molar-refractivity contribution in [2.45, 2.75) is 6.92 Å². The quantitative estimate of drug-likeness (QED) is 0.478. The van der Waals surface area contributed by atoms with Crippen LogP contribution in [0.3, 0.4) is 0 Å². The third-order valence-corrected chi connectivity index (χ3v) is 1.49. The second-order valence-corrected chi connectivity index (χ2v) is 2.30. The molecule has 0 amide bonds. The third-order valence-electron chi connectivity index (χ3n) is 1.49. The van der Waals surface area contributed by atoms with Gasteiger partial charge < -0.3 is 0 Å². The summed E-state index contributed by atoms with van der Waals surface area (Å²) in [6.45, 7) is 1.81. The van der Waals surface area contributed by atoms with E-state index in [9.17, 15) is 0 Å². The second-order valence-electron chi connectivity index (χ2n) is 2.30. The number of nitriles is 1. The Morgan fingerprint density at radius 1 is 1.18 bits per heavy atom. The van der Waals surface area contributed by atoms with Crippen molar-refractivity contribution >= 4 is 0 Å². The Balaban J connectivity index is 3.02. The van der Waals surface area contributed by atoms with Gasteiger partial charge in [-0.2, -0.15) is 5.26 Å². The first-order chi connectivity index (χ1) is 5.34. The molecule has 0 saturated heterocycles. The maximum Gasteiger partial charge on any atom is 0.0950 e. The first-order valence-corrected chi connectivity index (χ1v) is 3.47. The summed E-state index contributed by atoms with van der Waals surface area (Å²) in [6.07, 6.45) is 11.6. The topological polar surface area (TPSA) is 23.8 Å². The van der Waals surface area contributed by atoms with Gasteiger partial charge in [0.25, 0.3) is 0 Å². The van der Waals surface area contributed by atoms with Crippen LogP contribution in [0.1, 0.15) is 6.92 Å². The van der Waals surface area contributed by atoms with Crippen molar-refractivity contribution in [3.05, 3.63) is 47.6 Å². The molecule has 0 aromatic rings.